The van der Waals surface area contributed by atoms with E-state index in [4.69, 9.17) is 15.2 Å². The number of amides is 1. The van der Waals surface area contributed by atoms with Crippen molar-refractivity contribution >= 4 is 5.91 Å². The van der Waals surface area contributed by atoms with Gasteiger partial charge < -0.3 is 15.2 Å². The first-order chi connectivity index (χ1) is 7.99. The average Bonchev–Trinajstić information content (AvgIpc) is 2.28. The normalized spacial score (nSPS) is 12.2. The lowest BCUT2D eigenvalue weighted by atomic mass is 10.3. The summed E-state index contributed by atoms with van der Waals surface area (Å²) in [6.45, 7) is 0.863. The highest BCUT2D eigenvalue weighted by Gasteiger charge is 2.10. The van der Waals surface area contributed by atoms with Gasteiger partial charge in [0.05, 0.1) is 0 Å². The molecule has 1 aromatic rings. The van der Waals surface area contributed by atoms with Gasteiger partial charge in [0.2, 0.25) is 0 Å². The molecule has 0 fully saturated rings. The van der Waals surface area contributed by atoms with Gasteiger partial charge in [0.1, 0.15) is 18.1 Å². The summed E-state index contributed by atoms with van der Waals surface area (Å²) in [6.07, 6.45) is -3.26. The molecule has 1 atom stereocenters. The molecule has 0 spiro atoms. The highest BCUT2D eigenvalue weighted by molar-refractivity contribution is 5.78. The zero-order chi connectivity index (χ0) is 12.8. The van der Waals surface area contributed by atoms with Gasteiger partial charge in [-0.25, -0.2) is 8.78 Å². The molecule has 4 nitrogen and oxygen atoms in total. The first-order valence-corrected chi connectivity index (χ1v) is 4.96. The lowest BCUT2D eigenvalue weighted by Gasteiger charge is -2.11. The van der Waals surface area contributed by atoms with Gasteiger partial charge in [0, 0.05) is 0 Å². The van der Waals surface area contributed by atoms with Gasteiger partial charge in [-0.3, -0.25) is 4.79 Å². The number of carbonyl (C=O) groups excluding carboxylic acids is 1. The van der Waals surface area contributed by atoms with E-state index in [9.17, 15) is 13.6 Å². The Kier molecular flexibility index (Phi) is 4.68. The molecule has 94 valence electrons. The third-order valence-corrected chi connectivity index (χ3v) is 1.91. The Morgan fingerprint density at radius 2 is 1.82 bits per heavy atom. The minimum Gasteiger partial charge on any atom is -0.488 e. The van der Waals surface area contributed by atoms with Crippen LogP contribution in [0.5, 0.6) is 11.5 Å². The van der Waals surface area contributed by atoms with Crippen molar-refractivity contribution in [3.8, 4) is 11.5 Å². The van der Waals surface area contributed by atoms with Crippen LogP contribution in [0, 0.1) is 0 Å². The van der Waals surface area contributed by atoms with Crippen molar-refractivity contribution in [1.82, 2.24) is 0 Å². The largest absolute Gasteiger partial charge is 0.488 e. The fraction of sp³-hybridized carbons (Fsp3) is 0.364. The topological polar surface area (TPSA) is 61.6 Å². The molecule has 2 N–H and O–H groups in total. The summed E-state index contributed by atoms with van der Waals surface area (Å²) in [6, 6.07) is 5.98. The third kappa shape index (κ3) is 4.67. The summed E-state index contributed by atoms with van der Waals surface area (Å²) >= 11 is 0. The van der Waals surface area contributed by atoms with Gasteiger partial charge in [0.15, 0.2) is 6.10 Å². The van der Waals surface area contributed by atoms with Gasteiger partial charge in [-0.05, 0) is 31.2 Å². The third-order valence-electron chi connectivity index (χ3n) is 1.91. The molecule has 0 aliphatic carbocycles. The molecule has 0 aliphatic heterocycles. The summed E-state index contributed by atoms with van der Waals surface area (Å²) < 4.78 is 33.7. The Bertz CT molecular complexity index is 367. The van der Waals surface area contributed by atoms with E-state index in [1.54, 1.807) is 0 Å². The Hall–Kier alpha value is -1.85. The maximum atomic E-state index is 11.9. The second kappa shape index (κ2) is 6.03. The van der Waals surface area contributed by atoms with Crippen LogP contribution >= 0.6 is 0 Å². The minimum atomic E-state index is -2.51. The lowest BCUT2D eigenvalue weighted by molar-refractivity contribution is -0.123. The van der Waals surface area contributed by atoms with Crippen molar-refractivity contribution in [3.05, 3.63) is 24.3 Å². The number of carbonyl (C=O) groups is 1. The van der Waals surface area contributed by atoms with Crippen LogP contribution in [-0.4, -0.2) is 25.0 Å². The minimum absolute atomic E-state index is 0.310. The SMILES string of the molecule is C[C@H](Oc1ccc(OCC(F)F)cc1)C(N)=O. The van der Waals surface area contributed by atoms with Crippen LogP contribution in [0.2, 0.25) is 0 Å². The van der Waals surface area contributed by atoms with Crippen molar-refractivity contribution in [2.24, 2.45) is 5.73 Å². The summed E-state index contributed by atoms with van der Waals surface area (Å²) in [7, 11) is 0. The van der Waals surface area contributed by atoms with Crippen LogP contribution in [-0.2, 0) is 4.79 Å². The Morgan fingerprint density at radius 3 is 2.29 bits per heavy atom. The number of ether oxygens (including phenoxy) is 2. The van der Waals surface area contributed by atoms with Gasteiger partial charge in [-0.1, -0.05) is 0 Å². The monoisotopic (exact) mass is 245 g/mol. The maximum Gasteiger partial charge on any atom is 0.272 e. The van der Waals surface area contributed by atoms with Crippen LogP contribution < -0.4 is 15.2 Å². The van der Waals surface area contributed by atoms with Gasteiger partial charge >= 0.3 is 0 Å². The first-order valence-electron chi connectivity index (χ1n) is 4.96. The zero-order valence-corrected chi connectivity index (χ0v) is 9.23. The summed E-state index contributed by atoms with van der Waals surface area (Å²) in [5.74, 6) is 0.146. The van der Waals surface area contributed by atoms with Gasteiger partial charge in [0.25, 0.3) is 12.3 Å². The molecule has 0 saturated heterocycles. The summed E-state index contributed by atoms with van der Waals surface area (Å²) in [5, 5.41) is 0. The second-order valence-electron chi connectivity index (χ2n) is 3.34. The molecule has 1 rings (SSSR count). The standard InChI is InChI=1S/C11H13F2NO3/c1-7(11(14)15)17-9-4-2-8(3-5-9)16-6-10(12)13/h2-5,7,10H,6H2,1H3,(H2,14,15)/t7-/m0/s1. The number of nitrogens with two attached hydrogens (primary N) is 1. The van der Waals surface area contributed by atoms with Gasteiger partial charge in [-0.2, -0.15) is 0 Å². The molecule has 1 aromatic carbocycles. The molecule has 6 heteroatoms. The maximum absolute atomic E-state index is 11.9. The van der Waals surface area contributed by atoms with E-state index in [0.717, 1.165) is 0 Å². The van der Waals surface area contributed by atoms with Crippen LogP contribution in [0.1, 0.15) is 6.92 Å². The number of rotatable bonds is 6. The highest BCUT2D eigenvalue weighted by Crippen LogP contribution is 2.18. The fourth-order valence-electron chi connectivity index (χ4n) is 1.04. The molecule has 1 amide bonds. The predicted octanol–water partition coefficient (Wildman–Crippen LogP) is 1.58. The average molecular weight is 245 g/mol. The number of hydrogen-bond donors (Lipinski definition) is 1. The van der Waals surface area contributed by atoms with Gasteiger partial charge in [-0.15, -0.1) is 0 Å². The smallest absolute Gasteiger partial charge is 0.272 e. The fourth-order valence-corrected chi connectivity index (χ4v) is 1.04. The predicted molar refractivity (Wildman–Crippen MR) is 57.2 cm³/mol. The number of primary amides is 1. The van der Waals surface area contributed by atoms with Crippen molar-refractivity contribution < 1.29 is 23.0 Å². The van der Waals surface area contributed by atoms with Crippen molar-refractivity contribution in [2.45, 2.75) is 19.5 Å². The quantitative estimate of drug-likeness (QED) is 0.827. The molecular weight excluding hydrogens is 232 g/mol. The summed E-state index contributed by atoms with van der Waals surface area (Å²) in [4.78, 5) is 10.7. The van der Waals surface area contributed by atoms with E-state index in [0.29, 0.717) is 11.5 Å². The van der Waals surface area contributed by atoms with E-state index in [2.05, 4.69) is 0 Å². The molecule has 0 aliphatic rings. The zero-order valence-electron chi connectivity index (χ0n) is 9.23. The number of halogens is 2. The number of alkyl halides is 2. The van der Waals surface area contributed by atoms with Crippen LogP contribution in [0.25, 0.3) is 0 Å². The van der Waals surface area contributed by atoms with Crippen molar-refractivity contribution in [3.63, 3.8) is 0 Å². The molecule has 0 bridgehead atoms. The van der Waals surface area contributed by atoms with Crippen molar-refractivity contribution in [2.75, 3.05) is 6.61 Å². The summed E-state index contributed by atoms with van der Waals surface area (Å²) in [5.41, 5.74) is 5.02. The lowest BCUT2D eigenvalue weighted by Crippen LogP contribution is -2.30. The van der Waals surface area contributed by atoms with Crippen LogP contribution in [0.3, 0.4) is 0 Å². The highest BCUT2D eigenvalue weighted by atomic mass is 19.3. The number of hydrogen-bond acceptors (Lipinski definition) is 3. The van der Waals surface area contributed by atoms with Crippen LogP contribution in [0.4, 0.5) is 8.78 Å². The van der Waals surface area contributed by atoms with Crippen molar-refractivity contribution in [1.29, 1.82) is 0 Å². The molecular formula is C11H13F2NO3. The Morgan fingerprint density at radius 1 is 1.29 bits per heavy atom. The first kappa shape index (κ1) is 13.2. The molecule has 0 saturated carbocycles. The molecule has 0 heterocycles. The Balaban J connectivity index is 2.53. The molecule has 17 heavy (non-hydrogen) atoms. The van der Waals surface area contributed by atoms with E-state index in [1.165, 1.54) is 31.2 Å². The molecule has 0 radical (unpaired) electrons. The van der Waals surface area contributed by atoms with E-state index in [1.807, 2.05) is 0 Å². The van der Waals surface area contributed by atoms with E-state index < -0.39 is 25.0 Å². The van der Waals surface area contributed by atoms with E-state index >= 15 is 0 Å². The number of benzene rings is 1. The van der Waals surface area contributed by atoms with E-state index in [-0.39, 0.29) is 0 Å². The molecule has 0 unspecified atom stereocenters. The molecule has 0 aromatic heterocycles. The van der Waals surface area contributed by atoms with Crippen LogP contribution in [0.15, 0.2) is 24.3 Å². The Labute approximate surface area is 97.3 Å². The second-order valence-corrected chi connectivity index (χ2v) is 3.34.